The molecule has 1 aromatic carbocycles. The van der Waals surface area contributed by atoms with Gasteiger partial charge in [0.1, 0.15) is 5.78 Å². The summed E-state index contributed by atoms with van der Waals surface area (Å²) in [4.78, 5) is 12.9. The van der Waals surface area contributed by atoms with Crippen molar-refractivity contribution in [1.29, 1.82) is 0 Å². The smallest absolute Gasteiger partial charge is 0.143 e. The second-order valence-corrected chi connectivity index (χ2v) is 5.72. The number of nitrogens with zero attached hydrogens (tertiary/aromatic N) is 2. The fourth-order valence-corrected chi connectivity index (χ4v) is 2.82. The van der Waals surface area contributed by atoms with Crippen molar-refractivity contribution in [1.82, 2.24) is 9.78 Å². The second-order valence-electron chi connectivity index (χ2n) is 4.23. The SMILES string of the molecule is Cn1nccc1CCC(=O)CSc1cccc(Cl)c1. The van der Waals surface area contributed by atoms with E-state index in [2.05, 4.69) is 5.10 Å². The van der Waals surface area contributed by atoms with Crippen LogP contribution in [-0.4, -0.2) is 21.3 Å². The molecule has 0 aliphatic carbocycles. The van der Waals surface area contributed by atoms with Crippen molar-refractivity contribution in [2.75, 3.05) is 5.75 Å². The van der Waals surface area contributed by atoms with Gasteiger partial charge in [-0.15, -0.1) is 11.8 Å². The van der Waals surface area contributed by atoms with Crippen LogP contribution in [0.5, 0.6) is 0 Å². The second kappa shape index (κ2) is 6.78. The third kappa shape index (κ3) is 4.40. The van der Waals surface area contributed by atoms with Crippen molar-refractivity contribution in [2.45, 2.75) is 17.7 Å². The van der Waals surface area contributed by atoms with Gasteiger partial charge in [-0.1, -0.05) is 17.7 Å². The average molecular weight is 295 g/mol. The van der Waals surface area contributed by atoms with E-state index in [9.17, 15) is 4.79 Å². The number of ketones is 1. The van der Waals surface area contributed by atoms with Gasteiger partial charge in [0.15, 0.2) is 0 Å². The first-order chi connectivity index (χ1) is 9.15. The van der Waals surface area contributed by atoms with Gasteiger partial charge in [0.25, 0.3) is 0 Å². The van der Waals surface area contributed by atoms with E-state index in [4.69, 9.17) is 11.6 Å². The zero-order valence-electron chi connectivity index (χ0n) is 10.7. The molecule has 3 nitrogen and oxygen atoms in total. The monoisotopic (exact) mass is 294 g/mol. The molecule has 0 bridgehead atoms. The molecule has 0 saturated carbocycles. The summed E-state index contributed by atoms with van der Waals surface area (Å²) in [6, 6.07) is 9.50. The lowest BCUT2D eigenvalue weighted by Crippen LogP contribution is -2.06. The minimum absolute atomic E-state index is 0.242. The normalized spacial score (nSPS) is 10.6. The standard InChI is InChI=1S/C14H15ClN2OS/c1-17-12(7-8-16-17)5-6-13(18)10-19-14-4-2-3-11(15)9-14/h2-4,7-9H,5-6,10H2,1H3. The lowest BCUT2D eigenvalue weighted by molar-refractivity contribution is -0.116. The molecule has 0 aliphatic rings. The molecule has 1 aromatic heterocycles. The first kappa shape index (κ1) is 14.2. The zero-order chi connectivity index (χ0) is 13.7. The van der Waals surface area contributed by atoms with E-state index < -0.39 is 0 Å². The fraction of sp³-hybridized carbons (Fsp3) is 0.286. The van der Waals surface area contributed by atoms with Crippen LogP contribution in [0.25, 0.3) is 0 Å². The number of carbonyl (C=O) groups is 1. The minimum Gasteiger partial charge on any atom is -0.299 e. The van der Waals surface area contributed by atoms with Crippen LogP contribution in [0, 0.1) is 0 Å². The summed E-state index contributed by atoms with van der Waals surface area (Å²) >= 11 is 7.43. The summed E-state index contributed by atoms with van der Waals surface area (Å²) in [5.74, 6) is 0.726. The molecule has 5 heteroatoms. The Kier molecular flexibility index (Phi) is 5.05. The minimum atomic E-state index is 0.242. The number of rotatable bonds is 6. The quantitative estimate of drug-likeness (QED) is 0.766. The third-order valence-corrected chi connectivity index (χ3v) is 4.07. The molecule has 0 amide bonds. The highest BCUT2D eigenvalue weighted by molar-refractivity contribution is 8.00. The Bertz CT molecular complexity index is 568. The molecule has 2 rings (SSSR count). The number of Topliss-reactive ketones (excluding diaryl/α,β-unsaturated/α-hetero) is 1. The van der Waals surface area contributed by atoms with Gasteiger partial charge in [-0.2, -0.15) is 5.10 Å². The van der Waals surface area contributed by atoms with Crippen LogP contribution in [0.4, 0.5) is 0 Å². The maximum Gasteiger partial charge on any atom is 0.143 e. The Morgan fingerprint density at radius 3 is 2.95 bits per heavy atom. The van der Waals surface area contributed by atoms with Gasteiger partial charge in [-0.05, 0) is 30.7 Å². The van der Waals surface area contributed by atoms with E-state index in [1.54, 1.807) is 10.9 Å². The van der Waals surface area contributed by atoms with Crippen LogP contribution in [0.2, 0.25) is 5.02 Å². The van der Waals surface area contributed by atoms with Gasteiger partial charge in [0, 0.05) is 35.3 Å². The Hall–Kier alpha value is -1.26. The number of benzene rings is 1. The van der Waals surface area contributed by atoms with Crippen LogP contribution in [0.15, 0.2) is 41.4 Å². The van der Waals surface area contributed by atoms with Crippen molar-refractivity contribution >= 4 is 29.1 Å². The van der Waals surface area contributed by atoms with E-state index in [0.717, 1.165) is 17.0 Å². The van der Waals surface area contributed by atoms with Crippen molar-refractivity contribution in [3.05, 3.63) is 47.2 Å². The molecule has 0 aliphatic heterocycles. The molecule has 0 unspecified atom stereocenters. The average Bonchev–Trinajstić information content (AvgIpc) is 2.80. The van der Waals surface area contributed by atoms with Crippen LogP contribution in [0.3, 0.4) is 0 Å². The zero-order valence-corrected chi connectivity index (χ0v) is 12.2. The van der Waals surface area contributed by atoms with Gasteiger partial charge in [-0.25, -0.2) is 0 Å². The summed E-state index contributed by atoms with van der Waals surface area (Å²) in [6.07, 6.45) is 3.04. The molecule has 0 atom stereocenters. The van der Waals surface area contributed by atoms with Crippen LogP contribution < -0.4 is 0 Å². The largest absolute Gasteiger partial charge is 0.299 e. The Morgan fingerprint density at radius 2 is 2.26 bits per heavy atom. The van der Waals surface area contributed by atoms with Gasteiger partial charge in [0.05, 0.1) is 5.75 Å². The van der Waals surface area contributed by atoms with Gasteiger partial charge in [0.2, 0.25) is 0 Å². The van der Waals surface area contributed by atoms with Crippen molar-refractivity contribution < 1.29 is 4.79 Å². The van der Waals surface area contributed by atoms with Crippen LogP contribution in [0.1, 0.15) is 12.1 Å². The molecule has 0 spiro atoms. The predicted molar refractivity (Wildman–Crippen MR) is 78.7 cm³/mol. The van der Waals surface area contributed by atoms with E-state index in [1.807, 2.05) is 37.4 Å². The number of thioether (sulfide) groups is 1. The Balaban J connectivity index is 1.77. The summed E-state index contributed by atoms with van der Waals surface area (Å²) in [7, 11) is 1.89. The number of halogens is 1. The lowest BCUT2D eigenvalue weighted by Gasteiger charge is -2.03. The highest BCUT2D eigenvalue weighted by Crippen LogP contribution is 2.21. The first-order valence-corrected chi connectivity index (χ1v) is 7.38. The summed E-state index contributed by atoms with van der Waals surface area (Å²) < 4.78 is 1.80. The third-order valence-electron chi connectivity index (χ3n) is 2.78. The van der Waals surface area contributed by atoms with Gasteiger partial charge >= 0.3 is 0 Å². The summed E-state index contributed by atoms with van der Waals surface area (Å²) in [5.41, 5.74) is 1.08. The Morgan fingerprint density at radius 1 is 1.42 bits per heavy atom. The molecular weight excluding hydrogens is 280 g/mol. The number of aromatic nitrogens is 2. The molecule has 1 heterocycles. The summed E-state index contributed by atoms with van der Waals surface area (Å²) in [5, 5.41) is 4.78. The maximum absolute atomic E-state index is 11.8. The number of hydrogen-bond donors (Lipinski definition) is 0. The molecule has 19 heavy (non-hydrogen) atoms. The predicted octanol–water partition coefficient (Wildman–Crippen LogP) is 3.37. The van der Waals surface area contributed by atoms with E-state index in [1.165, 1.54) is 11.8 Å². The molecular formula is C14H15ClN2OS. The van der Waals surface area contributed by atoms with Crippen LogP contribution >= 0.6 is 23.4 Å². The topological polar surface area (TPSA) is 34.9 Å². The van der Waals surface area contributed by atoms with Crippen molar-refractivity contribution in [2.24, 2.45) is 7.05 Å². The molecule has 100 valence electrons. The van der Waals surface area contributed by atoms with E-state index >= 15 is 0 Å². The molecule has 0 N–H and O–H groups in total. The van der Waals surface area contributed by atoms with Gasteiger partial charge < -0.3 is 0 Å². The number of carbonyl (C=O) groups excluding carboxylic acids is 1. The number of aryl methyl sites for hydroxylation is 2. The van der Waals surface area contributed by atoms with Crippen molar-refractivity contribution in [3.8, 4) is 0 Å². The molecule has 2 aromatic rings. The molecule has 0 fully saturated rings. The fourth-order valence-electron chi connectivity index (χ4n) is 1.71. The number of hydrogen-bond acceptors (Lipinski definition) is 3. The van der Waals surface area contributed by atoms with Crippen molar-refractivity contribution in [3.63, 3.8) is 0 Å². The molecule has 0 radical (unpaired) electrons. The van der Waals surface area contributed by atoms with E-state index in [-0.39, 0.29) is 5.78 Å². The van der Waals surface area contributed by atoms with Crippen LogP contribution in [-0.2, 0) is 18.3 Å². The van der Waals surface area contributed by atoms with Gasteiger partial charge in [-0.3, -0.25) is 9.48 Å². The first-order valence-electron chi connectivity index (χ1n) is 6.02. The Labute approximate surface area is 122 Å². The highest BCUT2D eigenvalue weighted by atomic mass is 35.5. The molecule has 0 saturated heterocycles. The maximum atomic E-state index is 11.8. The summed E-state index contributed by atoms with van der Waals surface area (Å²) in [6.45, 7) is 0. The highest BCUT2D eigenvalue weighted by Gasteiger charge is 2.06. The van der Waals surface area contributed by atoms with E-state index in [0.29, 0.717) is 17.2 Å². The lowest BCUT2D eigenvalue weighted by atomic mass is 10.2.